The van der Waals surface area contributed by atoms with E-state index in [0.29, 0.717) is 12.2 Å². The van der Waals surface area contributed by atoms with Crippen LogP contribution in [0.15, 0.2) is 59.1 Å². The lowest BCUT2D eigenvalue weighted by Gasteiger charge is -2.17. The summed E-state index contributed by atoms with van der Waals surface area (Å²) in [5.74, 6) is -0.300. The summed E-state index contributed by atoms with van der Waals surface area (Å²) in [6, 6.07) is 15.8. The lowest BCUT2D eigenvalue weighted by Crippen LogP contribution is -2.44. The van der Waals surface area contributed by atoms with Gasteiger partial charge in [-0.05, 0) is 29.8 Å². The molecule has 6 heteroatoms. The number of halogens is 1. The Morgan fingerprint density at radius 1 is 1.08 bits per heavy atom. The van der Waals surface area contributed by atoms with Crippen LogP contribution in [0.25, 0.3) is 0 Å². The average Bonchev–Trinajstić information content (AvgIpc) is 2.61. The zero-order valence-electron chi connectivity index (χ0n) is 13.2. The van der Waals surface area contributed by atoms with Gasteiger partial charge in [-0.25, -0.2) is 4.79 Å². The van der Waals surface area contributed by atoms with Crippen LogP contribution in [0.4, 0.5) is 0 Å². The molecule has 0 aromatic heterocycles. The highest BCUT2D eigenvalue weighted by molar-refractivity contribution is 9.10. The van der Waals surface area contributed by atoms with E-state index in [4.69, 9.17) is 9.47 Å². The Morgan fingerprint density at radius 3 is 2.38 bits per heavy atom. The van der Waals surface area contributed by atoms with Crippen molar-refractivity contribution >= 4 is 27.8 Å². The monoisotopic (exact) mass is 391 g/mol. The maximum Gasteiger partial charge on any atom is 0.328 e. The number of hydrogen-bond acceptors (Lipinski definition) is 4. The fraction of sp³-hybridized carbons (Fsp3) is 0.222. The van der Waals surface area contributed by atoms with Crippen LogP contribution in [0, 0.1) is 0 Å². The van der Waals surface area contributed by atoms with Gasteiger partial charge in [0.1, 0.15) is 11.8 Å². The molecule has 0 saturated heterocycles. The van der Waals surface area contributed by atoms with Gasteiger partial charge in [0.15, 0.2) is 6.61 Å². The SMILES string of the molecule is COC(=O)[C@@H](Cc1ccccc1)NC(=O)COc1ccc(Br)cc1. The quantitative estimate of drug-likeness (QED) is 0.736. The molecule has 0 spiro atoms. The van der Waals surface area contributed by atoms with Crippen LogP contribution in [0.5, 0.6) is 5.75 Å². The van der Waals surface area contributed by atoms with E-state index in [2.05, 4.69) is 21.2 Å². The predicted molar refractivity (Wildman–Crippen MR) is 93.7 cm³/mol. The Kier molecular flexibility index (Phi) is 6.81. The molecule has 0 bridgehead atoms. The van der Waals surface area contributed by atoms with E-state index >= 15 is 0 Å². The van der Waals surface area contributed by atoms with Crippen LogP contribution >= 0.6 is 15.9 Å². The third-order valence-corrected chi connectivity index (χ3v) is 3.82. The van der Waals surface area contributed by atoms with Crippen molar-refractivity contribution in [2.75, 3.05) is 13.7 Å². The highest BCUT2D eigenvalue weighted by atomic mass is 79.9. The Balaban J connectivity index is 1.91. The minimum absolute atomic E-state index is 0.177. The first kappa shape index (κ1) is 18.0. The van der Waals surface area contributed by atoms with Gasteiger partial charge >= 0.3 is 5.97 Å². The molecule has 0 saturated carbocycles. The molecule has 1 atom stereocenters. The number of benzene rings is 2. The number of ether oxygens (including phenoxy) is 2. The molecule has 2 aromatic rings. The number of esters is 1. The molecule has 2 rings (SSSR count). The zero-order chi connectivity index (χ0) is 17.4. The third-order valence-electron chi connectivity index (χ3n) is 3.29. The van der Waals surface area contributed by atoms with Crippen LogP contribution in [0.1, 0.15) is 5.56 Å². The molecule has 1 amide bonds. The van der Waals surface area contributed by atoms with Crippen molar-refractivity contribution in [1.82, 2.24) is 5.32 Å². The third kappa shape index (κ3) is 5.70. The smallest absolute Gasteiger partial charge is 0.328 e. The molecule has 0 fully saturated rings. The molecular formula is C18H18BrNO4. The molecule has 0 aliphatic rings. The van der Waals surface area contributed by atoms with E-state index in [0.717, 1.165) is 10.0 Å². The van der Waals surface area contributed by atoms with E-state index in [1.807, 2.05) is 42.5 Å². The second kappa shape index (κ2) is 9.08. The number of carbonyl (C=O) groups excluding carboxylic acids is 2. The Labute approximate surface area is 149 Å². The van der Waals surface area contributed by atoms with Crippen LogP contribution in [-0.4, -0.2) is 31.6 Å². The summed E-state index contributed by atoms with van der Waals surface area (Å²) in [5.41, 5.74) is 0.932. The van der Waals surface area contributed by atoms with Crippen LogP contribution in [-0.2, 0) is 20.7 Å². The van der Waals surface area contributed by atoms with Gasteiger partial charge in [-0.1, -0.05) is 46.3 Å². The van der Waals surface area contributed by atoms with Crippen molar-refractivity contribution < 1.29 is 19.1 Å². The van der Waals surface area contributed by atoms with Gasteiger partial charge in [-0.2, -0.15) is 0 Å². The summed E-state index contributed by atoms with van der Waals surface area (Å²) in [7, 11) is 1.30. The molecular weight excluding hydrogens is 374 g/mol. The predicted octanol–water partition coefficient (Wildman–Crippen LogP) is 2.73. The maximum atomic E-state index is 12.1. The first-order valence-electron chi connectivity index (χ1n) is 7.38. The fourth-order valence-corrected chi connectivity index (χ4v) is 2.37. The molecule has 5 nitrogen and oxygen atoms in total. The second-order valence-electron chi connectivity index (χ2n) is 5.08. The molecule has 0 radical (unpaired) electrons. The van der Waals surface area contributed by atoms with Crippen LogP contribution < -0.4 is 10.1 Å². The van der Waals surface area contributed by atoms with E-state index in [9.17, 15) is 9.59 Å². The summed E-state index contributed by atoms with van der Waals surface area (Å²) in [4.78, 5) is 23.9. The average molecular weight is 392 g/mol. The second-order valence-corrected chi connectivity index (χ2v) is 5.99. The number of rotatable bonds is 7. The normalized spacial score (nSPS) is 11.4. The van der Waals surface area contributed by atoms with E-state index in [1.165, 1.54) is 7.11 Å². The Morgan fingerprint density at radius 2 is 1.75 bits per heavy atom. The number of amides is 1. The van der Waals surface area contributed by atoms with E-state index in [1.54, 1.807) is 12.1 Å². The molecule has 0 aliphatic heterocycles. The summed E-state index contributed by atoms with van der Waals surface area (Å²) < 4.78 is 11.1. The number of carbonyl (C=O) groups is 2. The summed E-state index contributed by atoms with van der Waals surface area (Å²) in [6.45, 7) is -0.177. The first-order chi connectivity index (χ1) is 11.6. The molecule has 0 heterocycles. The number of hydrogen-bond donors (Lipinski definition) is 1. The van der Waals surface area contributed by atoms with Crippen molar-refractivity contribution in [3.8, 4) is 5.75 Å². The number of methoxy groups -OCH3 is 1. The van der Waals surface area contributed by atoms with Gasteiger partial charge < -0.3 is 14.8 Å². The molecule has 0 aliphatic carbocycles. The van der Waals surface area contributed by atoms with Gasteiger partial charge in [0.25, 0.3) is 5.91 Å². The van der Waals surface area contributed by atoms with Crippen molar-refractivity contribution in [2.24, 2.45) is 0 Å². The largest absolute Gasteiger partial charge is 0.484 e. The van der Waals surface area contributed by atoms with Gasteiger partial charge in [-0.3, -0.25) is 4.79 Å². The molecule has 1 N–H and O–H groups in total. The molecule has 2 aromatic carbocycles. The highest BCUT2D eigenvalue weighted by Crippen LogP contribution is 2.15. The summed E-state index contributed by atoms with van der Waals surface area (Å²) in [6.07, 6.45) is 0.359. The van der Waals surface area contributed by atoms with Crippen molar-refractivity contribution in [3.05, 3.63) is 64.6 Å². The van der Waals surface area contributed by atoms with Crippen molar-refractivity contribution in [3.63, 3.8) is 0 Å². The summed E-state index contributed by atoms with van der Waals surface area (Å²) >= 11 is 3.33. The fourth-order valence-electron chi connectivity index (χ4n) is 2.10. The van der Waals surface area contributed by atoms with Crippen LogP contribution in [0.3, 0.4) is 0 Å². The highest BCUT2D eigenvalue weighted by Gasteiger charge is 2.22. The van der Waals surface area contributed by atoms with E-state index < -0.39 is 12.0 Å². The van der Waals surface area contributed by atoms with Crippen LogP contribution in [0.2, 0.25) is 0 Å². The zero-order valence-corrected chi connectivity index (χ0v) is 14.8. The minimum Gasteiger partial charge on any atom is -0.484 e. The van der Waals surface area contributed by atoms with Gasteiger partial charge in [0, 0.05) is 10.9 Å². The standard InChI is InChI=1S/C18H18BrNO4/c1-23-18(22)16(11-13-5-3-2-4-6-13)20-17(21)12-24-15-9-7-14(19)8-10-15/h2-10,16H,11-12H2,1H3,(H,20,21)/t16-/m1/s1. The summed E-state index contributed by atoms with van der Waals surface area (Å²) in [5, 5.41) is 2.65. The van der Waals surface area contributed by atoms with Gasteiger partial charge in [-0.15, -0.1) is 0 Å². The molecule has 0 unspecified atom stereocenters. The van der Waals surface area contributed by atoms with E-state index in [-0.39, 0.29) is 12.5 Å². The lowest BCUT2D eigenvalue weighted by molar-refractivity contribution is -0.145. The van der Waals surface area contributed by atoms with Gasteiger partial charge in [0.05, 0.1) is 7.11 Å². The van der Waals surface area contributed by atoms with Crippen molar-refractivity contribution in [1.29, 1.82) is 0 Å². The molecule has 126 valence electrons. The minimum atomic E-state index is -0.751. The molecule has 24 heavy (non-hydrogen) atoms. The Bertz CT molecular complexity index is 673. The number of nitrogens with one attached hydrogen (secondary N) is 1. The topological polar surface area (TPSA) is 64.6 Å². The Hall–Kier alpha value is -2.34. The van der Waals surface area contributed by atoms with Crippen molar-refractivity contribution in [2.45, 2.75) is 12.5 Å². The van der Waals surface area contributed by atoms with Gasteiger partial charge in [0.2, 0.25) is 0 Å². The maximum absolute atomic E-state index is 12.1. The lowest BCUT2D eigenvalue weighted by atomic mass is 10.1. The first-order valence-corrected chi connectivity index (χ1v) is 8.17.